The Morgan fingerprint density at radius 3 is 2.75 bits per heavy atom. The van der Waals surface area contributed by atoms with Crippen LogP contribution in [0, 0.1) is 0 Å². The molecule has 0 saturated carbocycles. The minimum Gasteiger partial charge on any atom is -0.487 e. The van der Waals surface area contributed by atoms with E-state index in [4.69, 9.17) is 9.84 Å². The van der Waals surface area contributed by atoms with Crippen LogP contribution in [0.5, 0.6) is 5.06 Å². The van der Waals surface area contributed by atoms with Gasteiger partial charge >= 0.3 is 5.97 Å². The van der Waals surface area contributed by atoms with Gasteiger partial charge in [-0.1, -0.05) is 11.3 Å². The maximum absolute atomic E-state index is 10.7. The molecule has 0 aliphatic carbocycles. The molecule has 0 aliphatic heterocycles. The van der Waals surface area contributed by atoms with E-state index in [1.807, 2.05) is 6.26 Å². The number of hydrogen-bond donors (Lipinski definition) is 1. The number of carbonyl (C=O) groups is 1. The van der Waals surface area contributed by atoms with E-state index >= 15 is 0 Å². The average Bonchev–Trinajstić information content (AvgIpc) is 2.47. The molecule has 1 N–H and O–H groups in total. The molecule has 5 heteroatoms. The molecule has 0 atom stereocenters. The molecule has 0 saturated heterocycles. The molecule has 0 aromatic carbocycles. The highest BCUT2D eigenvalue weighted by Gasteiger charge is 2.14. The Labute approximate surface area is 78.4 Å². The summed E-state index contributed by atoms with van der Waals surface area (Å²) in [6.07, 6.45) is 1.84. The number of aromatic carboxylic acids is 1. The predicted octanol–water partition coefficient (Wildman–Crippen LogP) is 2.18. The first kappa shape index (κ1) is 9.41. The van der Waals surface area contributed by atoms with Gasteiger partial charge in [-0.25, -0.2) is 4.79 Å². The van der Waals surface area contributed by atoms with Crippen molar-refractivity contribution in [3.05, 3.63) is 10.9 Å². The minimum absolute atomic E-state index is 0.347. The number of hydrogen-bond acceptors (Lipinski definition) is 4. The standard InChI is InChI=1S/C7H8O3S2/c1-10-5-3-4(11-2)6(12-5)7(8)9/h3H,1-2H3,(H,8,9). The van der Waals surface area contributed by atoms with Crippen LogP contribution in [-0.4, -0.2) is 24.4 Å². The van der Waals surface area contributed by atoms with Gasteiger partial charge in [0.2, 0.25) is 0 Å². The molecule has 0 radical (unpaired) electrons. The van der Waals surface area contributed by atoms with Gasteiger partial charge in [0.25, 0.3) is 0 Å². The quantitative estimate of drug-likeness (QED) is 0.766. The van der Waals surface area contributed by atoms with Crippen LogP contribution in [0.2, 0.25) is 0 Å². The third-order valence-corrected chi connectivity index (χ3v) is 3.27. The van der Waals surface area contributed by atoms with Crippen LogP contribution >= 0.6 is 23.1 Å². The van der Waals surface area contributed by atoms with Crippen molar-refractivity contribution in [2.24, 2.45) is 0 Å². The molecular formula is C7H8O3S2. The molecular weight excluding hydrogens is 196 g/mol. The molecule has 1 rings (SSSR count). The lowest BCUT2D eigenvalue weighted by molar-refractivity contribution is 0.0699. The number of thiophene rings is 1. The number of methoxy groups -OCH3 is 1. The highest BCUT2D eigenvalue weighted by molar-refractivity contribution is 7.98. The first-order valence-electron chi connectivity index (χ1n) is 3.14. The lowest BCUT2D eigenvalue weighted by atomic mass is 10.5. The van der Waals surface area contributed by atoms with Crippen molar-refractivity contribution in [2.45, 2.75) is 4.90 Å². The van der Waals surface area contributed by atoms with Crippen molar-refractivity contribution in [1.82, 2.24) is 0 Å². The zero-order valence-corrected chi connectivity index (χ0v) is 8.29. The Morgan fingerprint density at radius 2 is 2.42 bits per heavy atom. The molecule has 3 nitrogen and oxygen atoms in total. The molecule has 0 unspecified atom stereocenters. The third kappa shape index (κ3) is 1.73. The summed E-state index contributed by atoms with van der Waals surface area (Å²) in [6, 6.07) is 1.73. The maximum Gasteiger partial charge on any atom is 0.347 e. The summed E-state index contributed by atoms with van der Waals surface area (Å²) in [4.78, 5) is 11.8. The fourth-order valence-electron chi connectivity index (χ4n) is 0.754. The van der Waals surface area contributed by atoms with Crippen molar-refractivity contribution >= 4 is 29.1 Å². The first-order chi connectivity index (χ1) is 5.69. The smallest absolute Gasteiger partial charge is 0.347 e. The van der Waals surface area contributed by atoms with E-state index in [9.17, 15) is 4.79 Å². The Balaban J connectivity index is 3.08. The van der Waals surface area contributed by atoms with Gasteiger partial charge in [0.05, 0.1) is 7.11 Å². The zero-order chi connectivity index (χ0) is 9.14. The molecule has 12 heavy (non-hydrogen) atoms. The Kier molecular flexibility index (Phi) is 2.99. The second kappa shape index (κ2) is 3.82. The summed E-state index contributed by atoms with van der Waals surface area (Å²) in [5.74, 6) is -0.896. The lowest BCUT2D eigenvalue weighted by Gasteiger charge is -1.90. The summed E-state index contributed by atoms with van der Waals surface area (Å²) in [5, 5.41) is 9.38. The van der Waals surface area contributed by atoms with Crippen LogP contribution in [0.25, 0.3) is 0 Å². The summed E-state index contributed by atoms with van der Waals surface area (Å²) in [7, 11) is 1.53. The monoisotopic (exact) mass is 204 g/mol. The molecule has 1 aromatic rings. The number of thioether (sulfide) groups is 1. The van der Waals surface area contributed by atoms with Gasteiger partial charge in [-0.3, -0.25) is 0 Å². The van der Waals surface area contributed by atoms with Crippen molar-refractivity contribution < 1.29 is 14.6 Å². The molecule has 0 aliphatic rings. The molecule has 0 fully saturated rings. The predicted molar refractivity (Wildman–Crippen MR) is 49.6 cm³/mol. The van der Waals surface area contributed by atoms with E-state index in [-0.39, 0.29) is 0 Å². The molecule has 1 heterocycles. The largest absolute Gasteiger partial charge is 0.487 e. The van der Waals surface area contributed by atoms with Gasteiger partial charge in [0.15, 0.2) is 5.06 Å². The SMILES string of the molecule is COc1cc(SC)c(C(=O)O)s1. The van der Waals surface area contributed by atoms with E-state index in [2.05, 4.69) is 0 Å². The van der Waals surface area contributed by atoms with Crippen LogP contribution in [0.1, 0.15) is 9.67 Å². The summed E-state index contributed by atoms with van der Waals surface area (Å²) in [5.41, 5.74) is 0. The molecule has 0 spiro atoms. The molecule has 1 aromatic heterocycles. The van der Waals surface area contributed by atoms with Gasteiger partial charge < -0.3 is 9.84 Å². The summed E-state index contributed by atoms with van der Waals surface area (Å²) >= 11 is 2.56. The highest BCUT2D eigenvalue weighted by atomic mass is 32.2. The fraction of sp³-hybridized carbons (Fsp3) is 0.286. The maximum atomic E-state index is 10.7. The Hall–Kier alpha value is -0.680. The fourth-order valence-corrected chi connectivity index (χ4v) is 2.41. The number of carboxylic acids is 1. The molecule has 0 amide bonds. The van der Waals surface area contributed by atoms with E-state index in [1.54, 1.807) is 6.07 Å². The minimum atomic E-state index is -0.896. The summed E-state index contributed by atoms with van der Waals surface area (Å²) in [6.45, 7) is 0. The van der Waals surface area contributed by atoms with Gasteiger partial charge in [0.1, 0.15) is 4.88 Å². The zero-order valence-electron chi connectivity index (χ0n) is 6.66. The van der Waals surface area contributed by atoms with Gasteiger partial charge in [-0.2, -0.15) is 0 Å². The number of carboxylic acid groups (broad SMARTS) is 1. The van der Waals surface area contributed by atoms with Crippen LogP contribution in [0.4, 0.5) is 0 Å². The average molecular weight is 204 g/mol. The highest BCUT2D eigenvalue weighted by Crippen LogP contribution is 2.34. The van der Waals surface area contributed by atoms with Crippen LogP contribution in [0.15, 0.2) is 11.0 Å². The molecule has 66 valence electrons. The van der Waals surface area contributed by atoms with E-state index < -0.39 is 5.97 Å². The van der Waals surface area contributed by atoms with Crippen molar-refractivity contribution in [3.8, 4) is 5.06 Å². The second-order valence-corrected chi connectivity index (χ2v) is 3.84. The second-order valence-electron chi connectivity index (χ2n) is 1.97. The third-order valence-electron chi connectivity index (χ3n) is 1.29. The topological polar surface area (TPSA) is 46.5 Å². The first-order valence-corrected chi connectivity index (χ1v) is 5.18. The van der Waals surface area contributed by atoms with E-state index in [1.165, 1.54) is 18.9 Å². The van der Waals surface area contributed by atoms with Crippen molar-refractivity contribution in [1.29, 1.82) is 0 Å². The van der Waals surface area contributed by atoms with Gasteiger partial charge in [0, 0.05) is 11.0 Å². The van der Waals surface area contributed by atoms with Crippen LogP contribution in [0.3, 0.4) is 0 Å². The summed E-state index contributed by atoms with van der Waals surface area (Å²) < 4.78 is 4.93. The normalized spacial score (nSPS) is 9.83. The molecule has 0 bridgehead atoms. The van der Waals surface area contributed by atoms with E-state index in [0.29, 0.717) is 9.94 Å². The van der Waals surface area contributed by atoms with Gasteiger partial charge in [-0.05, 0) is 6.26 Å². The van der Waals surface area contributed by atoms with Gasteiger partial charge in [-0.15, -0.1) is 11.8 Å². The lowest BCUT2D eigenvalue weighted by Crippen LogP contribution is -1.92. The van der Waals surface area contributed by atoms with Crippen molar-refractivity contribution in [2.75, 3.05) is 13.4 Å². The van der Waals surface area contributed by atoms with Crippen LogP contribution < -0.4 is 4.74 Å². The van der Waals surface area contributed by atoms with Crippen LogP contribution in [-0.2, 0) is 0 Å². The number of ether oxygens (including phenoxy) is 1. The van der Waals surface area contributed by atoms with Crippen molar-refractivity contribution in [3.63, 3.8) is 0 Å². The number of rotatable bonds is 3. The Morgan fingerprint density at radius 1 is 1.75 bits per heavy atom. The Bertz CT molecular complexity index is 293. The van der Waals surface area contributed by atoms with E-state index in [0.717, 1.165) is 16.2 Å².